The van der Waals surface area contributed by atoms with Gasteiger partial charge in [0, 0.05) is 19.8 Å². The van der Waals surface area contributed by atoms with Gasteiger partial charge in [0.1, 0.15) is 12.6 Å². The molecular formula is C16H18N4O3. The molecule has 7 heteroatoms. The Hall–Kier alpha value is -2.67. The molecule has 0 aliphatic carbocycles. The smallest absolute Gasteiger partial charge is 0.249 e. The zero-order chi connectivity index (χ0) is 16.2. The molecule has 1 aliphatic heterocycles. The van der Waals surface area contributed by atoms with Gasteiger partial charge in [-0.2, -0.15) is 5.10 Å². The van der Waals surface area contributed by atoms with Crippen molar-refractivity contribution in [1.29, 1.82) is 0 Å². The van der Waals surface area contributed by atoms with E-state index in [1.165, 1.54) is 0 Å². The Balaban J connectivity index is 1.74. The molecule has 0 bridgehead atoms. The topological polar surface area (TPSA) is 76.5 Å². The predicted molar refractivity (Wildman–Crippen MR) is 83.4 cm³/mol. The molecule has 0 saturated carbocycles. The third-order valence-electron chi connectivity index (χ3n) is 3.67. The summed E-state index contributed by atoms with van der Waals surface area (Å²) in [6.45, 7) is 0.572. The van der Waals surface area contributed by atoms with Crippen molar-refractivity contribution >= 4 is 17.5 Å². The minimum atomic E-state index is -0.656. The lowest BCUT2D eigenvalue weighted by Crippen LogP contribution is -2.54. The van der Waals surface area contributed by atoms with Crippen LogP contribution in [0.1, 0.15) is 5.56 Å². The number of benzene rings is 1. The standard InChI is InChI=1S/C16H18N4O3/c1-19-9-13(7-17-19)18-16(22)14-10-23-11-15(21)20(14)8-12-5-3-2-4-6-12/h2-7,9,14H,8,10-11H2,1H3,(H,18,22). The highest BCUT2D eigenvalue weighted by atomic mass is 16.5. The number of rotatable bonds is 4. The van der Waals surface area contributed by atoms with Crippen LogP contribution in [0.2, 0.25) is 0 Å². The van der Waals surface area contributed by atoms with Crippen LogP contribution < -0.4 is 5.32 Å². The SMILES string of the molecule is Cn1cc(NC(=O)C2COCC(=O)N2Cc2ccccc2)cn1. The van der Waals surface area contributed by atoms with Crippen LogP contribution in [-0.4, -0.2) is 45.8 Å². The molecule has 1 atom stereocenters. The molecular weight excluding hydrogens is 296 g/mol. The van der Waals surface area contributed by atoms with Gasteiger partial charge >= 0.3 is 0 Å². The molecule has 3 rings (SSSR count). The fraction of sp³-hybridized carbons (Fsp3) is 0.312. The Kier molecular flexibility index (Phi) is 4.38. The summed E-state index contributed by atoms with van der Waals surface area (Å²) < 4.78 is 6.85. The maximum Gasteiger partial charge on any atom is 0.249 e. The minimum Gasteiger partial charge on any atom is -0.369 e. The highest BCUT2D eigenvalue weighted by Gasteiger charge is 2.34. The number of carbonyl (C=O) groups excluding carboxylic acids is 2. The first kappa shape index (κ1) is 15.2. The highest BCUT2D eigenvalue weighted by molar-refractivity contribution is 5.97. The van der Waals surface area contributed by atoms with Crippen LogP contribution in [-0.2, 0) is 27.9 Å². The van der Waals surface area contributed by atoms with Gasteiger partial charge in [-0.3, -0.25) is 14.3 Å². The van der Waals surface area contributed by atoms with Crippen molar-refractivity contribution in [3.05, 3.63) is 48.3 Å². The molecule has 2 amide bonds. The Morgan fingerprint density at radius 3 is 2.87 bits per heavy atom. The lowest BCUT2D eigenvalue weighted by atomic mass is 10.1. The summed E-state index contributed by atoms with van der Waals surface area (Å²) in [5.74, 6) is -0.464. The number of carbonyl (C=O) groups is 2. The normalized spacial score (nSPS) is 18.0. The van der Waals surface area contributed by atoms with Crippen LogP contribution >= 0.6 is 0 Å². The van der Waals surface area contributed by atoms with Crippen molar-refractivity contribution in [1.82, 2.24) is 14.7 Å². The van der Waals surface area contributed by atoms with E-state index >= 15 is 0 Å². The molecule has 1 aromatic heterocycles. The first-order chi connectivity index (χ1) is 11.1. The zero-order valence-electron chi connectivity index (χ0n) is 12.8. The lowest BCUT2D eigenvalue weighted by Gasteiger charge is -2.34. The zero-order valence-corrected chi connectivity index (χ0v) is 12.8. The molecule has 1 aromatic carbocycles. The number of aryl methyl sites for hydroxylation is 1. The van der Waals surface area contributed by atoms with Crippen molar-refractivity contribution in [2.24, 2.45) is 7.05 Å². The number of ether oxygens (including phenoxy) is 1. The van der Waals surface area contributed by atoms with E-state index in [4.69, 9.17) is 4.74 Å². The maximum atomic E-state index is 12.5. The number of nitrogens with one attached hydrogen (secondary N) is 1. The molecule has 2 heterocycles. The summed E-state index contributed by atoms with van der Waals surface area (Å²) in [6, 6.07) is 8.93. The first-order valence-corrected chi connectivity index (χ1v) is 7.34. The van der Waals surface area contributed by atoms with E-state index in [1.807, 2.05) is 30.3 Å². The van der Waals surface area contributed by atoms with E-state index in [0.717, 1.165) is 5.56 Å². The summed E-state index contributed by atoms with van der Waals surface area (Å²) in [6.07, 6.45) is 3.26. The number of morpholine rings is 1. The van der Waals surface area contributed by atoms with Crippen LogP contribution in [0.5, 0.6) is 0 Å². The van der Waals surface area contributed by atoms with Gasteiger partial charge in [-0.05, 0) is 5.56 Å². The van der Waals surface area contributed by atoms with Gasteiger partial charge in [0.2, 0.25) is 11.8 Å². The van der Waals surface area contributed by atoms with Crippen LogP contribution in [0.15, 0.2) is 42.7 Å². The molecule has 23 heavy (non-hydrogen) atoms. The van der Waals surface area contributed by atoms with Gasteiger partial charge in [-0.15, -0.1) is 0 Å². The number of aromatic nitrogens is 2. The molecule has 0 radical (unpaired) electrons. The summed E-state index contributed by atoms with van der Waals surface area (Å²) >= 11 is 0. The monoisotopic (exact) mass is 314 g/mol. The van der Waals surface area contributed by atoms with E-state index in [2.05, 4.69) is 10.4 Å². The molecule has 1 fully saturated rings. The van der Waals surface area contributed by atoms with Gasteiger partial charge in [0.25, 0.3) is 0 Å². The van der Waals surface area contributed by atoms with E-state index in [1.54, 1.807) is 29.0 Å². The second-order valence-corrected chi connectivity index (χ2v) is 5.43. The minimum absolute atomic E-state index is 0.00348. The molecule has 1 aliphatic rings. The predicted octanol–water partition coefficient (Wildman–Crippen LogP) is 0.786. The fourth-order valence-electron chi connectivity index (χ4n) is 2.51. The number of hydrogen-bond acceptors (Lipinski definition) is 4. The molecule has 1 N–H and O–H groups in total. The van der Waals surface area contributed by atoms with Crippen molar-refractivity contribution < 1.29 is 14.3 Å². The Labute approximate surface area is 133 Å². The second kappa shape index (κ2) is 6.62. The van der Waals surface area contributed by atoms with Gasteiger partial charge < -0.3 is 15.0 Å². The Morgan fingerprint density at radius 2 is 2.17 bits per heavy atom. The fourth-order valence-corrected chi connectivity index (χ4v) is 2.51. The molecule has 7 nitrogen and oxygen atoms in total. The Bertz CT molecular complexity index is 698. The number of hydrogen-bond donors (Lipinski definition) is 1. The third kappa shape index (κ3) is 3.57. The molecule has 1 saturated heterocycles. The maximum absolute atomic E-state index is 12.5. The van der Waals surface area contributed by atoms with Crippen LogP contribution in [0.25, 0.3) is 0 Å². The molecule has 120 valence electrons. The lowest BCUT2D eigenvalue weighted by molar-refractivity contribution is -0.154. The van der Waals surface area contributed by atoms with E-state index in [9.17, 15) is 9.59 Å². The average Bonchev–Trinajstić information content (AvgIpc) is 2.95. The van der Waals surface area contributed by atoms with Gasteiger partial charge in [-0.25, -0.2) is 0 Å². The van der Waals surface area contributed by atoms with Gasteiger partial charge in [-0.1, -0.05) is 30.3 Å². The summed E-state index contributed by atoms with van der Waals surface area (Å²) in [7, 11) is 1.77. The van der Waals surface area contributed by atoms with E-state index < -0.39 is 6.04 Å². The summed E-state index contributed by atoms with van der Waals surface area (Å²) in [4.78, 5) is 26.2. The number of anilines is 1. The third-order valence-corrected chi connectivity index (χ3v) is 3.67. The highest BCUT2D eigenvalue weighted by Crippen LogP contribution is 2.15. The summed E-state index contributed by atoms with van der Waals surface area (Å²) in [5, 5.41) is 6.78. The van der Waals surface area contributed by atoms with Crippen molar-refractivity contribution in [2.75, 3.05) is 18.5 Å². The summed E-state index contributed by atoms with van der Waals surface area (Å²) in [5.41, 5.74) is 1.57. The Morgan fingerprint density at radius 1 is 1.39 bits per heavy atom. The van der Waals surface area contributed by atoms with Gasteiger partial charge in [0.05, 0.1) is 18.5 Å². The van der Waals surface area contributed by atoms with Crippen molar-refractivity contribution in [3.63, 3.8) is 0 Å². The largest absolute Gasteiger partial charge is 0.369 e. The molecule has 2 aromatic rings. The first-order valence-electron chi connectivity index (χ1n) is 7.34. The van der Waals surface area contributed by atoms with Crippen LogP contribution in [0.4, 0.5) is 5.69 Å². The van der Waals surface area contributed by atoms with Gasteiger partial charge in [0.15, 0.2) is 0 Å². The van der Waals surface area contributed by atoms with E-state index in [-0.39, 0.29) is 25.0 Å². The average molecular weight is 314 g/mol. The molecule has 1 unspecified atom stereocenters. The number of nitrogens with zero attached hydrogens (tertiary/aromatic N) is 3. The quantitative estimate of drug-likeness (QED) is 0.905. The van der Waals surface area contributed by atoms with Crippen molar-refractivity contribution in [3.8, 4) is 0 Å². The van der Waals surface area contributed by atoms with E-state index in [0.29, 0.717) is 12.2 Å². The molecule has 0 spiro atoms. The van der Waals surface area contributed by atoms with Crippen LogP contribution in [0.3, 0.4) is 0 Å². The van der Waals surface area contributed by atoms with Crippen LogP contribution in [0, 0.1) is 0 Å². The number of amides is 2. The van der Waals surface area contributed by atoms with Crippen molar-refractivity contribution in [2.45, 2.75) is 12.6 Å². The second-order valence-electron chi connectivity index (χ2n) is 5.43.